The Bertz CT molecular complexity index is 196. The molecule has 0 aromatic heterocycles. The van der Waals surface area contributed by atoms with Crippen LogP contribution in [0.3, 0.4) is 0 Å². The lowest BCUT2D eigenvalue weighted by Gasteiger charge is -2.24. The largest absolute Gasteiger partial charge is 0.461 e. The van der Waals surface area contributed by atoms with E-state index in [9.17, 15) is 4.79 Å². The summed E-state index contributed by atoms with van der Waals surface area (Å²) in [7, 11) is 0. The van der Waals surface area contributed by atoms with Crippen molar-refractivity contribution < 1.29 is 9.53 Å². The van der Waals surface area contributed by atoms with Gasteiger partial charge < -0.3 is 4.74 Å². The van der Waals surface area contributed by atoms with E-state index in [4.69, 9.17) is 4.74 Å². The summed E-state index contributed by atoms with van der Waals surface area (Å²) in [5.74, 6) is 0.533. The molecule has 0 aromatic carbocycles. The molecule has 62 valence electrons. The van der Waals surface area contributed by atoms with Gasteiger partial charge in [-0.3, -0.25) is 4.79 Å². The number of fused-ring (bicyclic) bond motifs is 1. The predicted molar refractivity (Wildman–Crippen MR) is 41.0 cm³/mol. The molecule has 0 N–H and O–H groups in total. The highest BCUT2D eigenvalue weighted by Gasteiger charge is 2.49. The molecular formula is C9H14O2. The maximum absolute atomic E-state index is 10.9. The number of hydrogen-bond donors (Lipinski definition) is 0. The lowest BCUT2D eigenvalue weighted by atomic mass is 9.88. The molecule has 11 heavy (non-hydrogen) atoms. The summed E-state index contributed by atoms with van der Waals surface area (Å²) in [4.78, 5) is 10.9. The Kier molecular flexibility index (Phi) is 1.29. The van der Waals surface area contributed by atoms with Gasteiger partial charge in [0.25, 0.3) is 0 Å². The van der Waals surface area contributed by atoms with E-state index in [2.05, 4.69) is 13.8 Å². The van der Waals surface area contributed by atoms with Crippen LogP contribution in [-0.2, 0) is 9.53 Å². The van der Waals surface area contributed by atoms with Crippen molar-refractivity contribution in [2.45, 2.75) is 39.2 Å². The quantitative estimate of drug-likeness (QED) is 0.497. The minimum atomic E-state index is 0.00720. The summed E-state index contributed by atoms with van der Waals surface area (Å²) in [6.07, 6.45) is 3.25. The van der Waals surface area contributed by atoms with E-state index in [1.807, 2.05) is 0 Å². The van der Waals surface area contributed by atoms with Crippen LogP contribution in [0.25, 0.3) is 0 Å². The molecule has 2 rings (SSSR count). The Hall–Kier alpha value is -0.530. The van der Waals surface area contributed by atoms with Crippen molar-refractivity contribution in [1.29, 1.82) is 0 Å². The number of carbonyl (C=O) groups is 1. The number of carbonyl (C=O) groups excluding carboxylic acids is 1. The molecular weight excluding hydrogens is 140 g/mol. The van der Waals surface area contributed by atoms with E-state index in [1.54, 1.807) is 0 Å². The average Bonchev–Trinajstić information content (AvgIpc) is 2.35. The molecule has 1 saturated heterocycles. The molecule has 0 radical (unpaired) electrons. The normalized spacial score (nSPS) is 40.4. The van der Waals surface area contributed by atoms with E-state index in [1.165, 1.54) is 12.8 Å². The molecule has 2 heteroatoms. The van der Waals surface area contributed by atoms with Gasteiger partial charge in [0.1, 0.15) is 6.10 Å². The van der Waals surface area contributed by atoms with Gasteiger partial charge >= 0.3 is 5.97 Å². The SMILES string of the molecule is CC1(C)CC[C@H]2CC(=O)O[C@H]21. The number of rotatable bonds is 0. The fourth-order valence-electron chi connectivity index (χ4n) is 2.36. The molecule has 0 bridgehead atoms. The number of esters is 1. The van der Waals surface area contributed by atoms with Gasteiger partial charge in [-0.1, -0.05) is 13.8 Å². The second-order valence-electron chi connectivity index (χ2n) is 4.40. The third-order valence-electron chi connectivity index (χ3n) is 3.05. The molecule has 2 aliphatic rings. The summed E-state index contributed by atoms with van der Waals surface area (Å²) in [5, 5.41) is 0. The number of ether oxygens (including phenoxy) is 1. The lowest BCUT2D eigenvalue weighted by molar-refractivity contribution is -0.145. The minimum absolute atomic E-state index is 0.00720. The molecule has 2 atom stereocenters. The first-order valence-corrected chi connectivity index (χ1v) is 4.29. The molecule has 1 heterocycles. The molecule has 1 aliphatic carbocycles. The third kappa shape index (κ3) is 0.959. The van der Waals surface area contributed by atoms with Crippen molar-refractivity contribution in [3.05, 3.63) is 0 Å². The highest BCUT2D eigenvalue weighted by Crippen LogP contribution is 2.47. The summed E-state index contributed by atoms with van der Waals surface area (Å²) < 4.78 is 5.26. The van der Waals surface area contributed by atoms with Crippen LogP contribution in [0.5, 0.6) is 0 Å². The lowest BCUT2D eigenvalue weighted by Crippen LogP contribution is -2.26. The molecule has 0 spiro atoms. The molecule has 1 saturated carbocycles. The Morgan fingerprint density at radius 1 is 1.55 bits per heavy atom. The van der Waals surface area contributed by atoms with Crippen molar-refractivity contribution >= 4 is 5.97 Å². The van der Waals surface area contributed by atoms with Crippen LogP contribution in [0.2, 0.25) is 0 Å². The monoisotopic (exact) mass is 154 g/mol. The van der Waals surface area contributed by atoms with Crippen LogP contribution < -0.4 is 0 Å². The van der Waals surface area contributed by atoms with Crippen molar-refractivity contribution in [1.82, 2.24) is 0 Å². The van der Waals surface area contributed by atoms with E-state index < -0.39 is 0 Å². The summed E-state index contributed by atoms with van der Waals surface area (Å²) in [6.45, 7) is 4.38. The maximum atomic E-state index is 10.9. The van der Waals surface area contributed by atoms with E-state index in [0.29, 0.717) is 12.3 Å². The highest BCUT2D eigenvalue weighted by molar-refractivity contribution is 5.72. The molecule has 2 fully saturated rings. The van der Waals surface area contributed by atoms with Gasteiger partial charge in [0.05, 0.1) is 6.42 Å². The first-order chi connectivity index (χ1) is 5.09. The minimum Gasteiger partial charge on any atom is -0.461 e. The predicted octanol–water partition coefficient (Wildman–Crippen LogP) is 1.74. The summed E-state index contributed by atoms with van der Waals surface area (Å²) in [6, 6.07) is 0. The Balaban J connectivity index is 2.19. The fourth-order valence-corrected chi connectivity index (χ4v) is 2.36. The summed E-state index contributed by atoms with van der Waals surface area (Å²) in [5.41, 5.74) is 0.233. The summed E-state index contributed by atoms with van der Waals surface area (Å²) >= 11 is 0. The van der Waals surface area contributed by atoms with Crippen molar-refractivity contribution in [2.24, 2.45) is 11.3 Å². The van der Waals surface area contributed by atoms with Crippen LogP contribution in [0.15, 0.2) is 0 Å². The van der Waals surface area contributed by atoms with Gasteiger partial charge in [-0.25, -0.2) is 0 Å². The Morgan fingerprint density at radius 2 is 2.27 bits per heavy atom. The first-order valence-electron chi connectivity index (χ1n) is 4.29. The zero-order chi connectivity index (χ0) is 8.06. The van der Waals surface area contributed by atoms with E-state index >= 15 is 0 Å². The zero-order valence-electron chi connectivity index (χ0n) is 7.09. The highest BCUT2D eigenvalue weighted by atomic mass is 16.6. The molecule has 0 aromatic rings. The van der Waals surface area contributed by atoms with Crippen LogP contribution in [0.4, 0.5) is 0 Å². The van der Waals surface area contributed by atoms with Crippen molar-refractivity contribution in [2.75, 3.05) is 0 Å². The van der Waals surface area contributed by atoms with Gasteiger partial charge in [-0.2, -0.15) is 0 Å². The smallest absolute Gasteiger partial charge is 0.306 e. The van der Waals surface area contributed by atoms with Gasteiger partial charge in [0.2, 0.25) is 0 Å². The molecule has 0 amide bonds. The van der Waals surface area contributed by atoms with E-state index in [0.717, 1.165) is 0 Å². The van der Waals surface area contributed by atoms with Crippen LogP contribution >= 0.6 is 0 Å². The van der Waals surface area contributed by atoms with Gasteiger partial charge in [-0.05, 0) is 12.8 Å². The third-order valence-corrected chi connectivity index (χ3v) is 3.05. The molecule has 2 nitrogen and oxygen atoms in total. The van der Waals surface area contributed by atoms with Crippen LogP contribution in [0.1, 0.15) is 33.1 Å². The van der Waals surface area contributed by atoms with Crippen LogP contribution in [-0.4, -0.2) is 12.1 Å². The zero-order valence-corrected chi connectivity index (χ0v) is 7.09. The van der Waals surface area contributed by atoms with Gasteiger partial charge in [0.15, 0.2) is 0 Å². The van der Waals surface area contributed by atoms with Crippen molar-refractivity contribution in [3.8, 4) is 0 Å². The van der Waals surface area contributed by atoms with Gasteiger partial charge in [-0.15, -0.1) is 0 Å². The Morgan fingerprint density at radius 3 is 2.91 bits per heavy atom. The molecule has 1 aliphatic heterocycles. The van der Waals surface area contributed by atoms with E-state index in [-0.39, 0.29) is 17.5 Å². The second kappa shape index (κ2) is 1.99. The first kappa shape index (κ1) is 7.14. The number of hydrogen-bond acceptors (Lipinski definition) is 2. The second-order valence-corrected chi connectivity index (χ2v) is 4.40. The standard InChI is InChI=1S/C9H14O2/c1-9(2)4-3-6-5-7(10)11-8(6)9/h6,8H,3-5H2,1-2H3/t6-,8+/m0/s1. The maximum Gasteiger partial charge on any atom is 0.306 e. The van der Waals surface area contributed by atoms with Crippen LogP contribution in [0, 0.1) is 11.3 Å². The van der Waals surface area contributed by atoms with Gasteiger partial charge in [0, 0.05) is 11.3 Å². The fraction of sp³-hybridized carbons (Fsp3) is 0.889. The molecule has 0 unspecified atom stereocenters. The Labute approximate surface area is 66.9 Å². The topological polar surface area (TPSA) is 26.3 Å². The average molecular weight is 154 g/mol. The van der Waals surface area contributed by atoms with Crippen molar-refractivity contribution in [3.63, 3.8) is 0 Å².